The molecule has 0 bridgehead atoms. The van der Waals surface area contributed by atoms with Gasteiger partial charge in [-0.1, -0.05) is 36.4 Å². The molecule has 1 aromatic heterocycles. The van der Waals surface area contributed by atoms with Crippen LogP contribution in [0.4, 0.5) is 4.79 Å². The zero-order valence-electron chi connectivity index (χ0n) is 13.6. The maximum absolute atomic E-state index is 11.1. The summed E-state index contributed by atoms with van der Waals surface area (Å²) in [5.41, 5.74) is 8.35. The maximum atomic E-state index is 11.1. The van der Waals surface area contributed by atoms with Gasteiger partial charge in [0.05, 0.1) is 0 Å². The van der Waals surface area contributed by atoms with Gasteiger partial charge in [0.25, 0.3) is 0 Å². The smallest absolute Gasteiger partial charge is 0.409 e. The lowest BCUT2D eigenvalue weighted by Gasteiger charge is -2.12. The number of nitrogens with zero attached hydrogens (tertiary/aromatic N) is 3. The van der Waals surface area contributed by atoms with Crippen molar-refractivity contribution in [2.75, 3.05) is 0 Å². The molecule has 126 valence electrons. The van der Waals surface area contributed by atoms with Gasteiger partial charge in [-0.15, -0.1) is 10.2 Å². The molecule has 1 aliphatic rings. The number of benzene rings is 2. The van der Waals surface area contributed by atoms with Crippen molar-refractivity contribution < 1.29 is 9.53 Å². The number of hydrogen-bond donors (Lipinski definition) is 1. The lowest BCUT2D eigenvalue weighted by Crippen LogP contribution is -2.16. The summed E-state index contributed by atoms with van der Waals surface area (Å²) in [5.74, 6) is 1.20. The van der Waals surface area contributed by atoms with Gasteiger partial charge in [-0.3, -0.25) is 0 Å². The molecule has 25 heavy (non-hydrogen) atoms. The fourth-order valence-corrected chi connectivity index (χ4v) is 2.97. The van der Waals surface area contributed by atoms with E-state index in [-0.39, 0.29) is 0 Å². The van der Waals surface area contributed by atoms with Gasteiger partial charge in [-0.25, -0.2) is 4.79 Å². The number of amides is 1. The molecule has 1 saturated carbocycles. The van der Waals surface area contributed by atoms with E-state index in [1.54, 1.807) is 12.4 Å². The minimum Gasteiger partial charge on any atom is -0.410 e. The third-order valence-corrected chi connectivity index (χ3v) is 4.29. The van der Waals surface area contributed by atoms with Crippen LogP contribution >= 0.6 is 0 Å². The van der Waals surface area contributed by atoms with Gasteiger partial charge in [0.1, 0.15) is 12.1 Å². The number of carbonyl (C=O) groups excluding carboxylic acids is 1. The summed E-state index contributed by atoms with van der Waals surface area (Å²) in [6.07, 6.45) is 3.96. The Labute approximate surface area is 145 Å². The van der Waals surface area contributed by atoms with E-state index in [2.05, 4.69) is 26.9 Å². The molecule has 0 unspecified atom stereocenters. The van der Waals surface area contributed by atoms with Gasteiger partial charge in [0, 0.05) is 11.6 Å². The van der Waals surface area contributed by atoms with E-state index in [1.165, 1.54) is 5.56 Å². The molecule has 2 N–H and O–H groups in total. The molecule has 1 heterocycles. The third kappa shape index (κ3) is 3.38. The van der Waals surface area contributed by atoms with Crippen LogP contribution in [0.2, 0.25) is 0 Å². The molecule has 0 spiro atoms. The van der Waals surface area contributed by atoms with Crippen molar-refractivity contribution in [2.45, 2.75) is 25.3 Å². The Morgan fingerprint density at radius 1 is 1.20 bits per heavy atom. The van der Waals surface area contributed by atoms with Gasteiger partial charge < -0.3 is 15.0 Å². The first-order chi connectivity index (χ1) is 12.2. The highest BCUT2D eigenvalue weighted by atomic mass is 16.5. The number of primary amides is 1. The zero-order chi connectivity index (χ0) is 17.2. The van der Waals surface area contributed by atoms with Crippen LogP contribution in [0.1, 0.15) is 30.0 Å². The van der Waals surface area contributed by atoms with Crippen LogP contribution in [0.5, 0.6) is 5.75 Å². The summed E-state index contributed by atoms with van der Waals surface area (Å²) in [7, 11) is 0. The van der Waals surface area contributed by atoms with E-state index in [0.29, 0.717) is 11.8 Å². The van der Waals surface area contributed by atoms with E-state index in [0.717, 1.165) is 36.2 Å². The van der Waals surface area contributed by atoms with Crippen LogP contribution in [0.15, 0.2) is 54.9 Å². The summed E-state index contributed by atoms with van der Waals surface area (Å²) < 4.78 is 7.15. The van der Waals surface area contributed by atoms with Crippen molar-refractivity contribution in [3.8, 4) is 17.1 Å². The molecule has 1 aliphatic carbocycles. The lowest BCUT2D eigenvalue weighted by atomic mass is 9.99. The molecule has 0 atom stereocenters. The average Bonchev–Trinajstić information content (AvgIpc) is 3.34. The Kier molecular flexibility index (Phi) is 3.93. The molecular weight excluding hydrogens is 316 g/mol. The van der Waals surface area contributed by atoms with Crippen LogP contribution in [0.3, 0.4) is 0 Å². The molecule has 0 aliphatic heterocycles. The predicted octanol–water partition coefficient (Wildman–Crippen LogP) is 3.33. The number of carbonyl (C=O) groups is 1. The van der Waals surface area contributed by atoms with Crippen LogP contribution in [-0.4, -0.2) is 20.9 Å². The minimum absolute atomic E-state index is 0.407. The second-order valence-electron chi connectivity index (χ2n) is 6.20. The Balaban J connectivity index is 1.77. The third-order valence-electron chi connectivity index (χ3n) is 4.29. The molecule has 2 aromatic carbocycles. The predicted molar refractivity (Wildman–Crippen MR) is 93.2 cm³/mol. The fraction of sp³-hybridized carbons (Fsp3) is 0.211. The summed E-state index contributed by atoms with van der Waals surface area (Å²) in [6, 6.07) is 16.2. The first-order valence-electron chi connectivity index (χ1n) is 8.25. The molecule has 4 rings (SSSR count). The largest absolute Gasteiger partial charge is 0.410 e. The van der Waals surface area contributed by atoms with Gasteiger partial charge in [-0.2, -0.15) is 0 Å². The molecule has 1 amide bonds. The number of hydrogen-bond acceptors (Lipinski definition) is 4. The second kappa shape index (κ2) is 6.39. The standard InChI is InChI=1S/C19H18N4O2/c20-19(24)25-16-9-6-14(10-13-4-2-1-3-5-13)17(11-16)18-22-21-12-23(18)15-7-8-15/h1-6,9,11-12,15H,7-8,10H2,(H2,20,24). The Morgan fingerprint density at radius 2 is 2.00 bits per heavy atom. The summed E-state index contributed by atoms with van der Waals surface area (Å²) in [6.45, 7) is 0. The summed E-state index contributed by atoms with van der Waals surface area (Å²) in [5, 5.41) is 8.39. The van der Waals surface area contributed by atoms with Gasteiger partial charge in [-0.05, 0) is 42.5 Å². The van der Waals surface area contributed by atoms with Crippen LogP contribution in [0.25, 0.3) is 11.4 Å². The Morgan fingerprint density at radius 3 is 2.72 bits per heavy atom. The van der Waals surface area contributed by atoms with Crippen LogP contribution < -0.4 is 10.5 Å². The number of aromatic nitrogens is 3. The molecule has 6 heteroatoms. The molecule has 6 nitrogen and oxygen atoms in total. The zero-order valence-corrected chi connectivity index (χ0v) is 13.6. The Hall–Kier alpha value is -3.15. The van der Waals surface area contributed by atoms with Crippen molar-refractivity contribution in [2.24, 2.45) is 5.73 Å². The first-order valence-corrected chi connectivity index (χ1v) is 8.25. The van der Waals surface area contributed by atoms with Crippen LogP contribution in [0, 0.1) is 0 Å². The Bertz CT molecular complexity index is 901. The monoisotopic (exact) mass is 334 g/mol. The topological polar surface area (TPSA) is 83.0 Å². The molecular formula is C19H18N4O2. The van der Waals surface area contributed by atoms with E-state index in [9.17, 15) is 4.79 Å². The van der Waals surface area contributed by atoms with Gasteiger partial charge in [0.15, 0.2) is 5.82 Å². The minimum atomic E-state index is -0.828. The average molecular weight is 334 g/mol. The highest BCUT2D eigenvalue weighted by Gasteiger charge is 2.27. The quantitative estimate of drug-likeness (QED) is 0.776. The van der Waals surface area contributed by atoms with Crippen molar-refractivity contribution in [1.29, 1.82) is 0 Å². The van der Waals surface area contributed by atoms with E-state index in [4.69, 9.17) is 10.5 Å². The molecule has 0 radical (unpaired) electrons. The normalized spacial score (nSPS) is 13.6. The van der Waals surface area contributed by atoms with Crippen molar-refractivity contribution in [3.05, 3.63) is 66.0 Å². The molecule has 0 saturated heterocycles. The van der Waals surface area contributed by atoms with E-state index >= 15 is 0 Å². The maximum Gasteiger partial charge on any atom is 0.409 e. The summed E-state index contributed by atoms with van der Waals surface area (Å²) >= 11 is 0. The first kappa shape index (κ1) is 15.4. The molecule has 3 aromatic rings. The second-order valence-corrected chi connectivity index (χ2v) is 6.20. The van der Waals surface area contributed by atoms with E-state index in [1.807, 2.05) is 30.3 Å². The van der Waals surface area contributed by atoms with Crippen LogP contribution in [-0.2, 0) is 6.42 Å². The highest BCUT2D eigenvalue weighted by Crippen LogP contribution is 2.39. The van der Waals surface area contributed by atoms with Gasteiger partial charge >= 0.3 is 6.09 Å². The van der Waals surface area contributed by atoms with Crippen molar-refractivity contribution >= 4 is 6.09 Å². The number of ether oxygens (including phenoxy) is 1. The number of nitrogens with two attached hydrogens (primary N) is 1. The fourth-order valence-electron chi connectivity index (χ4n) is 2.97. The van der Waals surface area contributed by atoms with Crippen molar-refractivity contribution in [1.82, 2.24) is 14.8 Å². The number of rotatable bonds is 5. The lowest BCUT2D eigenvalue weighted by molar-refractivity contribution is 0.211. The molecule has 1 fully saturated rings. The SMILES string of the molecule is NC(=O)Oc1ccc(Cc2ccccc2)c(-c2nncn2C2CC2)c1. The van der Waals surface area contributed by atoms with Gasteiger partial charge in [0.2, 0.25) is 0 Å². The highest BCUT2D eigenvalue weighted by molar-refractivity contribution is 5.70. The van der Waals surface area contributed by atoms with Crippen molar-refractivity contribution in [3.63, 3.8) is 0 Å². The van der Waals surface area contributed by atoms with E-state index < -0.39 is 6.09 Å². The summed E-state index contributed by atoms with van der Waals surface area (Å²) in [4.78, 5) is 11.1.